The number of rotatable bonds is 5. The molecule has 0 spiro atoms. The van der Waals surface area contributed by atoms with E-state index >= 15 is 0 Å². The van der Waals surface area contributed by atoms with Gasteiger partial charge in [0.2, 0.25) is 5.95 Å². The van der Waals surface area contributed by atoms with Crippen molar-refractivity contribution in [1.29, 1.82) is 0 Å². The third-order valence-electron chi connectivity index (χ3n) is 4.32. The van der Waals surface area contributed by atoms with Crippen LogP contribution in [-0.4, -0.2) is 15.9 Å². The minimum absolute atomic E-state index is 0.0754. The molecule has 0 radical (unpaired) electrons. The lowest BCUT2D eigenvalue weighted by atomic mass is 10.1. The first-order valence-electron chi connectivity index (χ1n) is 8.55. The molecule has 0 aliphatic rings. The number of amides is 1. The van der Waals surface area contributed by atoms with Crippen LogP contribution in [0.15, 0.2) is 60.9 Å². The molecule has 1 atom stereocenters. The molecular weight excluding hydrogens is 324 g/mol. The fourth-order valence-corrected chi connectivity index (χ4v) is 2.56. The van der Waals surface area contributed by atoms with Gasteiger partial charge in [0.25, 0.3) is 5.91 Å². The number of hydrogen-bond donors (Lipinski definition) is 2. The summed E-state index contributed by atoms with van der Waals surface area (Å²) in [5, 5.41) is 6.11. The van der Waals surface area contributed by atoms with Crippen LogP contribution in [-0.2, 0) is 0 Å². The lowest BCUT2D eigenvalue weighted by Gasteiger charge is -2.14. The number of carbonyl (C=O) groups is 1. The number of aromatic nitrogens is 2. The molecule has 132 valence electrons. The van der Waals surface area contributed by atoms with Crippen LogP contribution in [0.25, 0.3) is 0 Å². The third kappa shape index (κ3) is 4.25. The van der Waals surface area contributed by atoms with E-state index in [9.17, 15) is 4.79 Å². The van der Waals surface area contributed by atoms with Gasteiger partial charge in [0.1, 0.15) is 0 Å². The topological polar surface area (TPSA) is 66.9 Å². The minimum atomic E-state index is -0.226. The second kappa shape index (κ2) is 7.78. The van der Waals surface area contributed by atoms with Crippen molar-refractivity contribution in [2.75, 3.05) is 10.6 Å². The molecule has 2 aromatic carbocycles. The maximum absolute atomic E-state index is 12.4. The second-order valence-corrected chi connectivity index (χ2v) is 6.33. The molecular formula is C21H22N4O. The Labute approximate surface area is 153 Å². The van der Waals surface area contributed by atoms with Crippen LogP contribution in [0.4, 0.5) is 11.6 Å². The Morgan fingerprint density at radius 1 is 0.962 bits per heavy atom. The van der Waals surface area contributed by atoms with Crippen LogP contribution in [0.2, 0.25) is 0 Å². The van der Waals surface area contributed by atoms with Gasteiger partial charge in [-0.2, -0.15) is 0 Å². The molecule has 1 heterocycles. The molecule has 0 bridgehead atoms. The zero-order valence-electron chi connectivity index (χ0n) is 15.2. The zero-order chi connectivity index (χ0) is 18.5. The van der Waals surface area contributed by atoms with Gasteiger partial charge in [-0.3, -0.25) is 4.79 Å². The molecule has 2 N–H and O–H groups in total. The van der Waals surface area contributed by atoms with Crippen LogP contribution in [0.3, 0.4) is 0 Å². The maximum atomic E-state index is 12.4. The molecule has 0 aliphatic heterocycles. The number of nitrogens with zero attached hydrogens (tertiary/aromatic N) is 2. The smallest absolute Gasteiger partial charge is 0.258 e. The van der Waals surface area contributed by atoms with Crippen molar-refractivity contribution in [1.82, 2.24) is 9.97 Å². The molecule has 1 unspecified atom stereocenters. The standard InChI is InChI=1S/C21H22N4O/c1-14-9-10-19(11-15(14)2)25-20(26)18-12-22-21(23-13-18)24-16(3)17-7-5-4-6-8-17/h4-13,16H,1-3H3,(H,25,26)(H,22,23,24). The van der Waals surface area contributed by atoms with Gasteiger partial charge in [-0.05, 0) is 49.6 Å². The SMILES string of the molecule is Cc1ccc(NC(=O)c2cnc(NC(C)c3ccccc3)nc2)cc1C. The zero-order valence-corrected chi connectivity index (χ0v) is 15.2. The average Bonchev–Trinajstić information content (AvgIpc) is 2.66. The predicted molar refractivity (Wildman–Crippen MR) is 104 cm³/mol. The minimum Gasteiger partial charge on any atom is -0.348 e. The van der Waals surface area contributed by atoms with Gasteiger partial charge in [0, 0.05) is 18.1 Å². The number of anilines is 2. The first-order chi connectivity index (χ1) is 12.5. The van der Waals surface area contributed by atoms with Gasteiger partial charge in [0.15, 0.2) is 0 Å². The number of nitrogens with one attached hydrogen (secondary N) is 2. The van der Waals surface area contributed by atoms with Gasteiger partial charge in [-0.25, -0.2) is 9.97 Å². The van der Waals surface area contributed by atoms with Gasteiger partial charge in [-0.15, -0.1) is 0 Å². The molecule has 5 heteroatoms. The van der Waals surface area contributed by atoms with Crippen molar-refractivity contribution in [2.45, 2.75) is 26.8 Å². The van der Waals surface area contributed by atoms with E-state index in [1.807, 2.05) is 69.3 Å². The first-order valence-corrected chi connectivity index (χ1v) is 8.55. The Kier molecular flexibility index (Phi) is 5.27. The summed E-state index contributed by atoms with van der Waals surface area (Å²) in [4.78, 5) is 20.9. The van der Waals surface area contributed by atoms with E-state index < -0.39 is 0 Å². The van der Waals surface area contributed by atoms with Crippen molar-refractivity contribution in [3.63, 3.8) is 0 Å². The Morgan fingerprint density at radius 2 is 1.65 bits per heavy atom. The summed E-state index contributed by atoms with van der Waals surface area (Å²) >= 11 is 0. The summed E-state index contributed by atoms with van der Waals surface area (Å²) in [6, 6.07) is 16.0. The van der Waals surface area contributed by atoms with E-state index in [-0.39, 0.29) is 11.9 Å². The highest BCUT2D eigenvalue weighted by Crippen LogP contribution is 2.17. The van der Waals surface area contributed by atoms with E-state index in [4.69, 9.17) is 0 Å². The van der Waals surface area contributed by atoms with Crippen molar-refractivity contribution < 1.29 is 4.79 Å². The highest BCUT2D eigenvalue weighted by atomic mass is 16.1. The number of benzene rings is 2. The second-order valence-electron chi connectivity index (χ2n) is 6.33. The van der Waals surface area contributed by atoms with E-state index in [1.54, 1.807) is 0 Å². The van der Waals surface area contributed by atoms with Crippen molar-refractivity contribution in [3.8, 4) is 0 Å². The summed E-state index contributed by atoms with van der Waals surface area (Å²) in [5.74, 6) is 0.264. The highest BCUT2D eigenvalue weighted by Gasteiger charge is 2.10. The van der Waals surface area contributed by atoms with Crippen molar-refractivity contribution in [3.05, 3.63) is 83.2 Å². The van der Waals surface area contributed by atoms with E-state index in [2.05, 4.69) is 20.6 Å². The lowest BCUT2D eigenvalue weighted by Crippen LogP contribution is -2.14. The average molecular weight is 346 g/mol. The van der Waals surface area contributed by atoms with Crippen LogP contribution >= 0.6 is 0 Å². The van der Waals surface area contributed by atoms with E-state index in [1.165, 1.54) is 18.0 Å². The summed E-state index contributed by atoms with van der Waals surface area (Å²) in [7, 11) is 0. The molecule has 0 saturated carbocycles. The quantitative estimate of drug-likeness (QED) is 0.713. The lowest BCUT2D eigenvalue weighted by molar-refractivity contribution is 0.102. The van der Waals surface area contributed by atoms with Crippen LogP contribution in [0, 0.1) is 13.8 Å². The fourth-order valence-electron chi connectivity index (χ4n) is 2.56. The van der Waals surface area contributed by atoms with E-state index in [0.29, 0.717) is 11.5 Å². The van der Waals surface area contributed by atoms with Crippen molar-refractivity contribution in [2.24, 2.45) is 0 Å². The Bertz CT molecular complexity index is 892. The number of carbonyl (C=O) groups excluding carboxylic acids is 1. The molecule has 1 amide bonds. The molecule has 0 fully saturated rings. The largest absolute Gasteiger partial charge is 0.348 e. The summed E-state index contributed by atoms with van der Waals surface area (Å²) < 4.78 is 0. The Morgan fingerprint density at radius 3 is 2.31 bits per heavy atom. The molecule has 0 aliphatic carbocycles. The fraction of sp³-hybridized carbons (Fsp3) is 0.190. The van der Waals surface area contributed by atoms with Crippen molar-refractivity contribution >= 4 is 17.5 Å². The molecule has 5 nitrogen and oxygen atoms in total. The Hall–Kier alpha value is -3.21. The maximum Gasteiger partial charge on any atom is 0.258 e. The van der Waals surface area contributed by atoms with Crippen LogP contribution < -0.4 is 10.6 Å². The van der Waals surface area contributed by atoms with Crippen LogP contribution in [0.5, 0.6) is 0 Å². The van der Waals surface area contributed by atoms with Gasteiger partial charge >= 0.3 is 0 Å². The monoisotopic (exact) mass is 346 g/mol. The first kappa shape index (κ1) is 17.6. The van der Waals surface area contributed by atoms with Crippen LogP contribution in [0.1, 0.15) is 40.0 Å². The normalized spacial score (nSPS) is 11.7. The molecule has 3 aromatic rings. The Balaban J connectivity index is 1.65. The summed E-state index contributed by atoms with van der Waals surface area (Å²) in [5.41, 5.74) is 4.65. The van der Waals surface area contributed by atoms with E-state index in [0.717, 1.165) is 16.8 Å². The van der Waals surface area contributed by atoms with Gasteiger partial charge in [-0.1, -0.05) is 36.4 Å². The number of aryl methyl sites for hydroxylation is 2. The number of hydrogen-bond acceptors (Lipinski definition) is 4. The van der Waals surface area contributed by atoms with Gasteiger partial charge in [0.05, 0.1) is 11.6 Å². The predicted octanol–water partition coefficient (Wildman–Crippen LogP) is 4.52. The molecule has 26 heavy (non-hydrogen) atoms. The summed E-state index contributed by atoms with van der Waals surface area (Å²) in [6.45, 7) is 6.10. The molecule has 3 rings (SSSR count). The third-order valence-corrected chi connectivity index (χ3v) is 4.32. The highest BCUT2D eigenvalue weighted by molar-refractivity contribution is 6.03. The summed E-state index contributed by atoms with van der Waals surface area (Å²) in [6.07, 6.45) is 3.06. The molecule has 1 aromatic heterocycles. The molecule has 0 saturated heterocycles. The van der Waals surface area contributed by atoms with Gasteiger partial charge < -0.3 is 10.6 Å².